The van der Waals surface area contributed by atoms with Crippen LogP contribution in [0.4, 0.5) is 13.2 Å². The summed E-state index contributed by atoms with van der Waals surface area (Å²) in [5.41, 5.74) is 0.245. The molecule has 2 rings (SSSR count). The van der Waals surface area contributed by atoms with Crippen LogP contribution in [0.25, 0.3) is 10.6 Å². The van der Waals surface area contributed by atoms with E-state index in [1.807, 2.05) is 0 Å². The fraction of sp³-hybridized carbons (Fsp3) is 0.167. The third-order valence-corrected chi connectivity index (χ3v) is 3.37. The first-order chi connectivity index (χ1) is 6.98. The molecule has 0 radical (unpaired) electrons. The molecule has 15 heavy (non-hydrogen) atoms. The van der Waals surface area contributed by atoms with Crippen LogP contribution in [0.2, 0.25) is 5.15 Å². The van der Waals surface area contributed by atoms with Crippen LogP contribution < -0.4 is 0 Å². The van der Waals surface area contributed by atoms with E-state index >= 15 is 0 Å². The van der Waals surface area contributed by atoms with Gasteiger partial charge in [-0.15, -0.1) is 11.3 Å². The van der Waals surface area contributed by atoms with Gasteiger partial charge in [0.1, 0.15) is 5.69 Å². The molecular formula is C6HClF3N3S2. The second-order valence-corrected chi connectivity index (χ2v) is 4.35. The van der Waals surface area contributed by atoms with Gasteiger partial charge in [0.2, 0.25) is 0 Å². The van der Waals surface area contributed by atoms with Crippen molar-refractivity contribution in [3.63, 3.8) is 0 Å². The van der Waals surface area contributed by atoms with Gasteiger partial charge in [0.05, 0.1) is 16.6 Å². The first-order valence-electron chi connectivity index (χ1n) is 3.50. The predicted octanol–water partition coefficient (Wildman–Crippen LogP) is 3.33. The van der Waals surface area contributed by atoms with E-state index < -0.39 is 11.2 Å². The molecular weight excluding hydrogens is 271 g/mol. The standard InChI is InChI=1S/C6HClF3N3S2/c7-4-3(12-15-13-4)2-1-11-5(14-2)6(8,9)10/h1H. The van der Waals surface area contributed by atoms with Crippen molar-refractivity contribution in [2.24, 2.45) is 0 Å². The van der Waals surface area contributed by atoms with Gasteiger partial charge < -0.3 is 0 Å². The summed E-state index contributed by atoms with van der Waals surface area (Å²) in [7, 11) is 0. The molecule has 0 amide bonds. The summed E-state index contributed by atoms with van der Waals surface area (Å²) >= 11 is 6.97. The van der Waals surface area contributed by atoms with Crippen LogP contribution in [-0.2, 0) is 6.18 Å². The molecule has 2 aromatic heterocycles. The molecule has 0 aliphatic rings. The Balaban J connectivity index is 2.41. The molecule has 9 heteroatoms. The largest absolute Gasteiger partial charge is 0.443 e. The lowest BCUT2D eigenvalue weighted by molar-refractivity contribution is -0.137. The number of nitrogens with zero attached hydrogens (tertiary/aromatic N) is 3. The molecule has 0 atom stereocenters. The topological polar surface area (TPSA) is 38.7 Å². The lowest BCUT2D eigenvalue weighted by atomic mass is 10.4. The number of aromatic nitrogens is 3. The Morgan fingerprint density at radius 1 is 1.27 bits per heavy atom. The van der Waals surface area contributed by atoms with Gasteiger partial charge in [-0.25, -0.2) is 4.98 Å². The molecule has 2 heterocycles. The molecule has 0 bridgehead atoms. The average molecular weight is 272 g/mol. The van der Waals surface area contributed by atoms with Crippen LogP contribution in [-0.4, -0.2) is 13.7 Å². The molecule has 3 nitrogen and oxygen atoms in total. The van der Waals surface area contributed by atoms with Crippen LogP contribution in [0.1, 0.15) is 5.01 Å². The summed E-state index contributed by atoms with van der Waals surface area (Å²) in [5, 5.41) is -0.820. The number of hydrogen-bond acceptors (Lipinski definition) is 5. The number of halogens is 4. The zero-order valence-corrected chi connectivity index (χ0v) is 9.14. The van der Waals surface area contributed by atoms with Crippen LogP contribution >= 0.6 is 34.7 Å². The fourth-order valence-corrected chi connectivity index (χ4v) is 2.48. The van der Waals surface area contributed by atoms with E-state index in [2.05, 4.69) is 13.7 Å². The first kappa shape index (κ1) is 10.8. The van der Waals surface area contributed by atoms with E-state index in [4.69, 9.17) is 11.6 Å². The third-order valence-electron chi connectivity index (χ3n) is 1.43. The molecule has 0 fully saturated rings. The fourth-order valence-electron chi connectivity index (χ4n) is 0.839. The highest BCUT2D eigenvalue weighted by Gasteiger charge is 2.35. The highest BCUT2D eigenvalue weighted by Crippen LogP contribution is 2.37. The van der Waals surface area contributed by atoms with Crippen molar-refractivity contribution in [2.45, 2.75) is 6.18 Å². The second-order valence-electron chi connectivity index (χ2n) is 2.43. The van der Waals surface area contributed by atoms with Crippen molar-refractivity contribution in [3.8, 4) is 10.6 Å². The van der Waals surface area contributed by atoms with E-state index in [1.54, 1.807) is 0 Å². The second kappa shape index (κ2) is 3.69. The Kier molecular flexibility index (Phi) is 2.65. The molecule has 2 aromatic rings. The van der Waals surface area contributed by atoms with E-state index in [-0.39, 0.29) is 15.7 Å². The summed E-state index contributed by atoms with van der Waals surface area (Å²) in [6.45, 7) is 0. The molecule has 0 saturated carbocycles. The minimum absolute atomic E-state index is 0.0948. The minimum atomic E-state index is -4.43. The summed E-state index contributed by atoms with van der Waals surface area (Å²) in [6, 6.07) is 0. The first-order valence-corrected chi connectivity index (χ1v) is 5.42. The van der Waals surface area contributed by atoms with Crippen molar-refractivity contribution < 1.29 is 13.2 Å². The molecule has 0 N–H and O–H groups in total. The molecule has 0 spiro atoms. The van der Waals surface area contributed by atoms with Crippen LogP contribution in [0, 0.1) is 0 Å². The van der Waals surface area contributed by atoms with E-state index in [1.165, 1.54) is 0 Å². The number of hydrogen-bond donors (Lipinski definition) is 0. The van der Waals surface area contributed by atoms with Crippen molar-refractivity contribution in [3.05, 3.63) is 16.4 Å². The molecule has 80 valence electrons. The summed E-state index contributed by atoms with van der Waals surface area (Å²) in [5.74, 6) is 0. The number of rotatable bonds is 1. The Hall–Kier alpha value is -0.730. The SMILES string of the molecule is FC(F)(F)c1ncc(-c2nsnc2Cl)s1. The normalized spacial score (nSPS) is 12.0. The van der Waals surface area contributed by atoms with Crippen LogP contribution in [0.5, 0.6) is 0 Å². The van der Waals surface area contributed by atoms with Crippen molar-refractivity contribution in [2.75, 3.05) is 0 Å². The minimum Gasteiger partial charge on any atom is -0.240 e. The van der Waals surface area contributed by atoms with Crippen LogP contribution in [0.3, 0.4) is 0 Å². The van der Waals surface area contributed by atoms with Gasteiger partial charge in [0.25, 0.3) is 0 Å². The Bertz CT molecular complexity index is 478. The zero-order chi connectivity index (χ0) is 11.1. The molecule has 0 aliphatic carbocycles. The van der Waals surface area contributed by atoms with E-state index in [0.717, 1.165) is 17.9 Å². The van der Waals surface area contributed by atoms with Gasteiger partial charge in [0.15, 0.2) is 10.2 Å². The molecule has 0 aromatic carbocycles. The Labute approximate surface area is 94.9 Å². The van der Waals surface area contributed by atoms with Gasteiger partial charge >= 0.3 is 6.18 Å². The lowest BCUT2D eigenvalue weighted by Gasteiger charge is -1.98. The van der Waals surface area contributed by atoms with E-state index in [9.17, 15) is 13.2 Å². The van der Waals surface area contributed by atoms with Crippen molar-refractivity contribution in [1.29, 1.82) is 0 Å². The number of thiazole rings is 1. The molecule has 0 unspecified atom stereocenters. The maximum atomic E-state index is 12.2. The van der Waals surface area contributed by atoms with Gasteiger partial charge in [-0.3, -0.25) is 0 Å². The maximum absolute atomic E-state index is 12.2. The van der Waals surface area contributed by atoms with Gasteiger partial charge in [-0.1, -0.05) is 11.6 Å². The highest BCUT2D eigenvalue weighted by atomic mass is 35.5. The van der Waals surface area contributed by atoms with Gasteiger partial charge in [-0.2, -0.15) is 21.9 Å². The quantitative estimate of drug-likeness (QED) is 0.798. The predicted molar refractivity (Wildman–Crippen MR) is 51.0 cm³/mol. The smallest absolute Gasteiger partial charge is 0.240 e. The molecule has 0 saturated heterocycles. The number of alkyl halides is 3. The Morgan fingerprint density at radius 2 is 2.00 bits per heavy atom. The Morgan fingerprint density at radius 3 is 2.47 bits per heavy atom. The maximum Gasteiger partial charge on any atom is 0.443 e. The molecule has 0 aliphatic heterocycles. The van der Waals surface area contributed by atoms with Gasteiger partial charge in [-0.05, 0) is 0 Å². The highest BCUT2D eigenvalue weighted by molar-refractivity contribution is 7.15. The van der Waals surface area contributed by atoms with Crippen LogP contribution in [0.15, 0.2) is 6.20 Å². The summed E-state index contributed by atoms with van der Waals surface area (Å²) < 4.78 is 44.1. The zero-order valence-electron chi connectivity index (χ0n) is 6.75. The summed E-state index contributed by atoms with van der Waals surface area (Å²) in [4.78, 5) is 3.52. The van der Waals surface area contributed by atoms with Crippen molar-refractivity contribution >= 4 is 34.7 Å². The third kappa shape index (κ3) is 2.11. The van der Waals surface area contributed by atoms with E-state index in [0.29, 0.717) is 11.3 Å². The summed E-state index contributed by atoms with van der Waals surface area (Å²) in [6.07, 6.45) is -3.34. The average Bonchev–Trinajstić information content (AvgIpc) is 2.69. The monoisotopic (exact) mass is 271 g/mol. The van der Waals surface area contributed by atoms with Crippen molar-refractivity contribution in [1.82, 2.24) is 13.7 Å². The van der Waals surface area contributed by atoms with Gasteiger partial charge in [0, 0.05) is 6.20 Å². The lowest BCUT2D eigenvalue weighted by Crippen LogP contribution is -2.02.